The summed E-state index contributed by atoms with van der Waals surface area (Å²) in [7, 11) is 0. The molecular weight excluding hydrogens is 591 g/mol. The lowest BCUT2D eigenvalue weighted by molar-refractivity contribution is -0.143. The minimum atomic E-state index is -5.04. The van der Waals surface area contributed by atoms with E-state index in [0.717, 1.165) is 11.1 Å². The maximum Gasteiger partial charge on any atom is 0.416 e. The summed E-state index contributed by atoms with van der Waals surface area (Å²) in [5.74, 6) is -0.878. The number of pyridine rings is 1. The summed E-state index contributed by atoms with van der Waals surface area (Å²) in [6.07, 6.45) is -6.37. The van der Waals surface area contributed by atoms with Crippen LogP contribution in [0.25, 0.3) is 0 Å². The van der Waals surface area contributed by atoms with Gasteiger partial charge in [-0.25, -0.2) is 0 Å². The Bertz CT molecular complexity index is 1210. The SMILES string of the molecule is Cl.Cl.O=C(c1cc(C(F)(F)F)cc(C(F)(F)F)c1)N1CCN(Cc2cccnc2)C[C@H]1Cc1ccc(Cl)cc1. The molecule has 0 saturated carbocycles. The van der Waals surface area contributed by atoms with Gasteiger partial charge in [-0.3, -0.25) is 14.7 Å². The smallest absolute Gasteiger partial charge is 0.333 e. The van der Waals surface area contributed by atoms with Crippen LogP contribution in [-0.4, -0.2) is 46.4 Å². The third kappa shape index (κ3) is 8.48. The number of alkyl halides is 6. The molecule has 0 aliphatic carbocycles. The maximum absolute atomic E-state index is 13.4. The Balaban J connectivity index is 0.00000267. The van der Waals surface area contributed by atoms with Crippen molar-refractivity contribution < 1.29 is 31.1 Å². The Labute approximate surface area is 238 Å². The highest BCUT2D eigenvalue weighted by Crippen LogP contribution is 2.37. The molecule has 1 aliphatic rings. The summed E-state index contributed by atoms with van der Waals surface area (Å²) in [5, 5.41) is 0.516. The van der Waals surface area contributed by atoms with Crippen LogP contribution in [0, 0.1) is 0 Å². The van der Waals surface area contributed by atoms with E-state index in [9.17, 15) is 31.1 Å². The van der Waals surface area contributed by atoms with Gasteiger partial charge in [0.25, 0.3) is 5.91 Å². The van der Waals surface area contributed by atoms with Crippen LogP contribution < -0.4 is 0 Å². The first-order valence-electron chi connectivity index (χ1n) is 11.4. The van der Waals surface area contributed by atoms with E-state index in [1.54, 1.807) is 42.7 Å². The lowest BCUT2D eigenvalue weighted by atomic mass is 9.99. The van der Waals surface area contributed by atoms with Gasteiger partial charge in [0, 0.05) is 55.2 Å². The van der Waals surface area contributed by atoms with E-state index in [1.165, 1.54) is 4.90 Å². The summed E-state index contributed by atoms with van der Waals surface area (Å²) in [4.78, 5) is 21.0. The largest absolute Gasteiger partial charge is 0.416 e. The van der Waals surface area contributed by atoms with Crippen LogP contribution in [0.3, 0.4) is 0 Å². The average Bonchev–Trinajstić information content (AvgIpc) is 2.84. The summed E-state index contributed by atoms with van der Waals surface area (Å²) < 4.78 is 80.3. The summed E-state index contributed by atoms with van der Waals surface area (Å²) in [6, 6.07) is 11.1. The molecular formula is C26H24Cl3F6N3O. The number of aromatic nitrogens is 1. The second kappa shape index (κ2) is 13.2. The van der Waals surface area contributed by atoms with Crippen molar-refractivity contribution in [2.45, 2.75) is 31.4 Å². The highest BCUT2D eigenvalue weighted by molar-refractivity contribution is 6.30. The van der Waals surface area contributed by atoms with Crippen LogP contribution >= 0.6 is 36.4 Å². The van der Waals surface area contributed by atoms with Crippen LogP contribution in [0.15, 0.2) is 67.0 Å². The van der Waals surface area contributed by atoms with E-state index in [4.69, 9.17) is 11.6 Å². The van der Waals surface area contributed by atoms with Gasteiger partial charge < -0.3 is 4.90 Å². The van der Waals surface area contributed by atoms with Crippen molar-refractivity contribution in [3.63, 3.8) is 0 Å². The first-order valence-corrected chi connectivity index (χ1v) is 11.7. The molecule has 0 radical (unpaired) electrons. The van der Waals surface area contributed by atoms with Gasteiger partial charge in [0.1, 0.15) is 0 Å². The third-order valence-corrected chi connectivity index (χ3v) is 6.43. The molecule has 0 N–H and O–H groups in total. The van der Waals surface area contributed by atoms with Gasteiger partial charge >= 0.3 is 12.4 Å². The number of piperazine rings is 1. The molecule has 2 aromatic carbocycles. The van der Waals surface area contributed by atoms with Crippen molar-refractivity contribution in [1.82, 2.24) is 14.8 Å². The van der Waals surface area contributed by atoms with Gasteiger partial charge in [-0.1, -0.05) is 29.8 Å². The molecule has 212 valence electrons. The number of amides is 1. The van der Waals surface area contributed by atoms with Crippen LogP contribution in [0.2, 0.25) is 5.02 Å². The van der Waals surface area contributed by atoms with E-state index in [0.29, 0.717) is 43.2 Å². The lowest BCUT2D eigenvalue weighted by Gasteiger charge is -2.42. The van der Waals surface area contributed by atoms with Crippen molar-refractivity contribution in [3.8, 4) is 0 Å². The Morgan fingerprint density at radius 1 is 0.897 bits per heavy atom. The Hall–Kier alpha value is -2.53. The number of hydrogen-bond donors (Lipinski definition) is 0. The zero-order chi connectivity index (χ0) is 26.8. The highest BCUT2D eigenvalue weighted by atomic mass is 35.5. The maximum atomic E-state index is 13.4. The Morgan fingerprint density at radius 2 is 1.51 bits per heavy atom. The molecule has 4 rings (SSSR count). The molecule has 2 heterocycles. The minimum Gasteiger partial charge on any atom is -0.333 e. The molecule has 1 aliphatic heterocycles. The van der Waals surface area contributed by atoms with Crippen LogP contribution in [0.1, 0.15) is 32.6 Å². The normalized spacial score (nSPS) is 16.3. The van der Waals surface area contributed by atoms with E-state index in [-0.39, 0.29) is 37.4 Å². The van der Waals surface area contributed by atoms with Crippen molar-refractivity contribution in [2.24, 2.45) is 0 Å². The number of hydrogen-bond acceptors (Lipinski definition) is 3. The molecule has 1 amide bonds. The average molecular weight is 615 g/mol. The molecule has 1 atom stereocenters. The fourth-order valence-corrected chi connectivity index (χ4v) is 4.52. The van der Waals surface area contributed by atoms with Gasteiger partial charge in [0.2, 0.25) is 0 Å². The summed E-state index contributed by atoms with van der Waals surface area (Å²) >= 11 is 5.97. The predicted octanol–water partition coefficient (Wildman–Crippen LogP) is 7.19. The topological polar surface area (TPSA) is 36.4 Å². The van der Waals surface area contributed by atoms with Crippen molar-refractivity contribution in [2.75, 3.05) is 19.6 Å². The quantitative estimate of drug-likeness (QED) is 0.286. The third-order valence-electron chi connectivity index (χ3n) is 6.18. The minimum absolute atomic E-state index is 0. The summed E-state index contributed by atoms with van der Waals surface area (Å²) in [5.41, 5.74) is -1.91. The van der Waals surface area contributed by atoms with E-state index < -0.39 is 41.0 Å². The molecule has 0 spiro atoms. The van der Waals surface area contributed by atoms with Gasteiger partial charge in [-0.05, 0) is 53.9 Å². The summed E-state index contributed by atoms with van der Waals surface area (Å²) in [6.45, 7) is 1.43. The monoisotopic (exact) mass is 613 g/mol. The highest BCUT2D eigenvalue weighted by Gasteiger charge is 2.39. The second-order valence-corrected chi connectivity index (χ2v) is 9.31. The molecule has 1 aromatic heterocycles. The van der Waals surface area contributed by atoms with E-state index in [1.807, 2.05) is 6.07 Å². The second-order valence-electron chi connectivity index (χ2n) is 8.87. The predicted molar refractivity (Wildman–Crippen MR) is 140 cm³/mol. The molecule has 0 bridgehead atoms. The Kier molecular flexibility index (Phi) is 11.1. The zero-order valence-electron chi connectivity index (χ0n) is 20.2. The molecule has 4 nitrogen and oxygen atoms in total. The standard InChI is InChI=1S/C26H22ClF6N3O.2ClH/c27-22-5-3-17(4-6-22)10-23-16-35(15-18-2-1-7-34-14-18)8-9-36(23)24(37)19-11-20(25(28,29)30)13-21(12-19)26(31,32)33;;/h1-7,11-14,23H,8-10,15-16H2;2*1H/t23-;;/m1../s1. The fraction of sp³-hybridized carbons (Fsp3) is 0.308. The van der Waals surface area contributed by atoms with Crippen molar-refractivity contribution in [1.29, 1.82) is 0 Å². The number of carbonyl (C=O) groups is 1. The van der Waals surface area contributed by atoms with Crippen LogP contribution in [0.4, 0.5) is 26.3 Å². The zero-order valence-corrected chi connectivity index (χ0v) is 22.6. The van der Waals surface area contributed by atoms with Crippen LogP contribution in [-0.2, 0) is 25.3 Å². The van der Waals surface area contributed by atoms with Crippen molar-refractivity contribution >= 4 is 42.3 Å². The molecule has 0 unspecified atom stereocenters. The first kappa shape index (κ1) is 32.7. The number of rotatable bonds is 5. The molecule has 13 heteroatoms. The number of halogens is 9. The fourth-order valence-electron chi connectivity index (χ4n) is 4.39. The first-order chi connectivity index (χ1) is 17.4. The number of carbonyl (C=O) groups excluding carboxylic acids is 1. The van der Waals surface area contributed by atoms with Crippen molar-refractivity contribution in [3.05, 3.63) is 99.8 Å². The van der Waals surface area contributed by atoms with Gasteiger partial charge in [-0.2, -0.15) is 26.3 Å². The van der Waals surface area contributed by atoms with E-state index in [2.05, 4.69) is 9.88 Å². The van der Waals surface area contributed by atoms with E-state index >= 15 is 0 Å². The number of nitrogens with zero attached hydrogens (tertiary/aromatic N) is 3. The molecule has 39 heavy (non-hydrogen) atoms. The van der Waals surface area contributed by atoms with Gasteiger partial charge in [0.15, 0.2) is 0 Å². The van der Waals surface area contributed by atoms with Gasteiger partial charge in [-0.15, -0.1) is 24.8 Å². The van der Waals surface area contributed by atoms with Gasteiger partial charge in [0.05, 0.1) is 11.1 Å². The molecule has 3 aromatic rings. The number of benzene rings is 2. The lowest BCUT2D eigenvalue weighted by Crippen LogP contribution is -2.55. The Morgan fingerprint density at radius 3 is 2.05 bits per heavy atom. The molecule has 1 fully saturated rings. The van der Waals surface area contributed by atoms with Crippen LogP contribution in [0.5, 0.6) is 0 Å². The molecule has 1 saturated heterocycles.